The van der Waals surface area contributed by atoms with Crippen LogP contribution < -0.4 is 10.6 Å². The van der Waals surface area contributed by atoms with E-state index in [9.17, 15) is 14.0 Å². The van der Waals surface area contributed by atoms with Crippen molar-refractivity contribution in [1.82, 2.24) is 20.6 Å². The molecule has 136 valence electrons. The maximum atomic E-state index is 13.1. The Kier molecular flexibility index (Phi) is 5.13. The van der Waals surface area contributed by atoms with Gasteiger partial charge >= 0.3 is 0 Å². The number of carbonyl (C=O) groups is 2. The number of pyridine rings is 1. The van der Waals surface area contributed by atoms with Gasteiger partial charge in [0.1, 0.15) is 29.3 Å². The van der Waals surface area contributed by atoms with Crippen LogP contribution in [0, 0.1) is 17.1 Å². The van der Waals surface area contributed by atoms with E-state index in [0.29, 0.717) is 16.5 Å². The van der Waals surface area contributed by atoms with Crippen LogP contribution in [0.4, 0.5) is 4.39 Å². The first-order valence-electron chi connectivity index (χ1n) is 8.16. The second-order valence-corrected chi connectivity index (χ2v) is 5.92. The molecule has 2 heterocycles. The van der Waals surface area contributed by atoms with Crippen LogP contribution in [0.15, 0.2) is 42.6 Å². The van der Waals surface area contributed by atoms with E-state index in [2.05, 4.69) is 20.6 Å². The summed E-state index contributed by atoms with van der Waals surface area (Å²) in [5.74, 6) is -1.21. The molecule has 0 bridgehead atoms. The summed E-state index contributed by atoms with van der Waals surface area (Å²) < 4.78 is 13.1. The predicted octanol–water partition coefficient (Wildman–Crippen LogP) is 1.66. The van der Waals surface area contributed by atoms with Gasteiger partial charge in [0.2, 0.25) is 5.91 Å². The summed E-state index contributed by atoms with van der Waals surface area (Å²) in [6.07, 6.45) is 1.69. The predicted molar refractivity (Wildman–Crippen MR) is 96.2 cm³/mol. The van der Waals surface area contributed by atoms with Gasteiger partial charge in [0.15, 0.2) is 0 Å². The monoisotopic (exact) mass is 365 g/mol. The Bertz CT molecular complexity index is 1040. The highest BCUT2D eigenvalue weighted by atomic mass is 19.1. The largest absolute Gasteiger partial charge is 0.357 e. The lowest BCUT2D eigenvalue weighted by Crippen LogP contribution is -2.47. The smallest absolute Gasteiger partial charge is 0.268 e. The molecular weight excluding hydrogens is 349 g/mol. The molecule has 0 spiro atoms. The minimum absolute atomic E-state index is 0.214. The molecule has 0 saturated carbocycles. The van der Waals surface area contributed by atoms with Gasteiger partial charge in [-0.15, -0.1) is 0 Å². The van der Waals surface area contributed by atoms with E-state index in [0.717, 1.165) is 0 Å². The van der Waals surface area contributed by atoms with E-state index in [-0.39, 0.29) is 29.5 Å². The van der Waals surface area contributed by atoms with E-state index < -0.39 is 11.9 Å². The molecule has 3 rings (SSSR count). The van der Waals surface area contributed by atoms with E-state index in [4.69, 9.17) is 5.26 Å². The first-order chi connectivity index (χ1) is 13.0. The zero-order chi connectivity index (χ0) is 19.4. The van der Waals surface area contributed by atoms with Crippen molar-refractivity contribution in [2.24, 2.45) is 0 Å². The second kappa shape index (κ2) is 7.66. The third-order valence-corrected chi connectivity index (χ3v) is 4.09. The molecule has 0 unspecified atom stereocenters. The summed E-state index contributed by atoms with van der Waals surface area (Å²) >= 11 is 0. The van der Waals surface area contributed by atoms with Crippen LogP contribution >= 0.6 is 0 Å². The van der Waals surface area contributed by atoms with Gasteiger partial charge in [-0.1, -0.05) is 12.1 Å². The van der Waals surface area contributed by atoms with Gasteiger partial charge in [-0.2, -0.15) is 5.26 Å². The minimum atomic E-state index is -0.827. The van der Waals surface area contributed by atoms with Crippen LogP contribution in [0.5, 0.6) is 0 Å². The van der Waals surface area contributed by atoms with E-state index >= 15 is 0 Å². The maximum Gasteiger partial charge on any atom is 0.268 e. The molecule has 0 saturated heterocycles. The van der Waals surface area contributed by atoms with Crippen molar-refractivity contribution in [3.05, 3.63) is 65.4 Å². The van der Waals surface area contributed by atoms with Crippen molar-refractivity contribution in [1.29, 1.82) is 5.26 Å². The van der Waals surface area contributed by atoms with Gasteiger partial charge in [-0.3, -0.25) is 9.59 Å². The van der Waals surface area contributed by atoms with Crippen LogP contribution in [-0.2, 0) is 11.2 Å². The minimum Gasteiger partial charge on any atom is -0.357 e. The van der Waals surface area contributed by atoms with Crippen LogP contribution in [-0.4, -0.2) is 34.9 Å². The summed E-state index contributed by atoms with van der Waals surface area (Å²) in [5.41, 5.74) is 1.81. The molecule has 1 aromatic carbocycles. The molecule has 0 fully saturated rings. The van der Waals surface area contributed by atoms with Gasteiger partial charge in [0, 0.05) is 18.9 Å². The van der Waals surface area contributed by atoms with Gasteiger partial charge in [0.05, 0.1) is 11.7 Å². The third-order valence-electron chi connectivity index (χ3n) is 4.09. The Labute approximate surface area is 154 Å². The number of likely N-dealkylation sites (N-methyl/N-ethyl adjacent to an activating group) is 1. The molecule has 2 aromatic heterocycles. The number of halogens is 1. The van der Waals surface area contributed by atoms with Crippen molar-refractivity contribution in [3.63, 3.8) is 0 Å². The van der Waals surface area contributed by atoms with Gasteiger partial charge in [-0.05, 0) is 29.8 Å². The van der Waals surface area contributed by atoms with Crippen molar-refractivity contribution in [2.75, 3.05) is 7.05 Å². The molecule has 3 aromatic rings. The number of aromatic nitrogens is 2. The molecule has 8 heteroatoms. The summed E-state index contributed by atoms with van der Waals surface area (Å²) in [5, 5.41) is 14.8. The Balaban J connectivity index is 1.80. The average molecular weight is 365 g/mol. The molecule has 7 nitrogen and oxygen atoms in total. The van der Waals surface area contributed by atoms with Crippen molar-refractivity contribution in [2.45, 2.75) is 12.5 Å². The highest BCUT2D eigenvalue weighted by Crippen LogP contribution is 2.15. The fraction of sp³-hybridized carbons (Fsp3) is 0.158. The number of hydrogen-bond donors (Lipinski definition) is 3. The molecule has 1 atom stereocenters. The molecule has 3 N–H and O–H groups in total. The summed E-state index contributed by atoms with van der Waals surface area (Å²) in [6, 6.07) is 10.00. The van der Waals surface area contributed by atoms with Crippen LogP contribution in [0.25, 0.3) is 10.9 Å². The topological polar surface area (TPSA) is 111 Å². The van der Waals surface area contributed by atoms with Crippen LogP contribution in [0.1, 0.15) is 21.7 Å². The highest BCUT2D eigenvalue weighted by molar-refractivity contribution is 6.00. The van der Waals surface area contributed by atoms with Gasteiger partial charge < -0.3 is 15.6 Å². The SMILES string of the molecule is CNC(=O)[C@H](Cc1ccc(F)cc1)NC(=O)c1cc2cc(C#N)ncc2[nH]1. The lowest BCUT2D eigenvalue weighted by molar-refractivity contribution is -0.122. The summed E-state index contributed by atoms with van der Waals surface area (Å²) in [7, 11) is 1.48. The Hall–Kier alpha value is -3.73. The normalized spacial score (nSPS) is 11.6. The Morgan fingerprint density at radius 1 is 1.30 bits per heavy atom. The first-order valence-corrected chi connectivity index (χ1v) is 8.16. The quantitative estimate of drug-likeness (QED) is 0.638. The summed E-state index contributed by atoms with van der Waals surface area (Å²) in [4.78, 5) is 31.6. The van der Waals surface area contributed by atoms with E-state index in [1.165, 1.54) is 25.4 Å². The molecule has 0 radical (unpaired) electrons. The number of aromatic amines is 1. The standard InChI is InChI=1S/C19H16FN5O2/c1-22-18(26)15(6-11-2-4-13(20)5-3-11)25-19(27)16-8-12-7-14(9-21)23-10-17(12)24-16/h2-5,7-8,10,15,24H,6H2,1H3,(H,22,26)(H,25,27)/t15-/m0/s1. The molecular formula is C19H16FN5O2. The van der Waals surface area contributed by atoms with Gasteiger partial charge in [0.25, 0.3) is 5.91 Å². The third kappa shape index (κ3) is 4.10. The molecule has 0 aliphatic heterocycles. The number of carbonyl (C=O) groups excluding carboxylic acids is 2. The van der Waals surface area contributed by atoms with Crippen molar-refractivity contribution >= 4 is 22.7 Å². The summed E-state index contributed by atoms with van der Waals surface area (Å²) in [6.45, 7) is 0. The number of H-pyrrole nitrogens is 1. The molecule has 27 heavy (non-hydrogen) atoms. The number of fused-ring (bicyclic) bond motifs is 1. The average Bonchev–Trinajstić information content (AvgIpc) is 3.11. The number of rotatable bonds is 5. The van der Waals surface area contributed by atoms with Crippen molar-refractivity contribution < 1.29 is 14.0 Å². The number of nitrogens with zero attached hydrogens (tertiary/aromatic N) is 2. The maximum absolute atomic E-state index is 13.1. The Morgan fingerprint density at radius 3 is 2.70 bits per heavy atom. The molecule has 0 aliphatic carbocycles. The number of nitriles is 1. The number of hydrogen-bond acceptors (Lipinski definition) is 4. The number of amides is 2. The Morgan fingerprint density at radius 2 is 2.04 bits per heavy atom. The zero-order valence-corrected chi connectivity index (χ0v) is 14.4. The fourth-order valence-electron chi connectivity index (χ4n) is 2.69. The fourth-order valence-corrected chi connectivity index (χ4v) is 2.69. The number of benzene rings is 1. The zero-order valence-electron chi connectivity index (χ0n) is 14.4. The van der Waals surface area contributed by atoms with Crippen LogP contribution in [0.3, 0.4) is 0 Å². The lowest BCUT2D eigenvalue weighted by Gasteiger charge is -2.17. The first kappa shape index (κ1) is 18.1. The number of nitrogens with one attached hydrogen (secondary N) is 3. The van der Waals surface area contributed by atoms with E-state index in [1.807, 2.05) is 6.07 Å². The van der Waals surface area contributed by atoms with Gasteiger partial charge in [-0.25, -0.2) is 9.37 Å². The van der Waals surface area contributed by atoms with Crippen LogP contribution in [0.2, 0.25) is 0 Å². The molecule has 2 amide bonds. The second-order valence-electron chi connectivity index (χ2n) is 5.92. The van der Waals surface area contributed by atoms with E-state index in [1.54, 1.807) is 24.3 Å². The lowest BCUT2D eigenvalue weighted by atomic mass is 10.0. The van der Waals surface area contributed by atoms with Crippen molar-refractivity contribution in [3.8, 4) is 6.07 Å². The molecule has 0 aliphatic rings. The highest BCUT2D eigenvalue weighted by Gasteiger charge is 2.22.